The second-order valence-electron chi connectivity index (χ2n) is 8.62. The zero-order chi connectivity index (χ0) is 26.8. The van der Waals surface area contributed by atoms with Gasteiger partial charge in [-0.05, 0) is 73.4 Å². The minimum atomic E-state index is -4.42. The number of fused-ring (bicyclic) bond motifs is 1. The van der Waals surface area contributed by atoms with E-state index in [1.54, 1.807) is 18.3 Å². The Morgan fingerprint density at radius 2 is 1.76 bits per heavy atom. The molecule has 0 saturated carbocycles. The standard InChI is InChI=1S/C26H24ClF3N2O4S/c1-17-13-18(15-21(14-17)36-20-7-5-19(6-8-20)26(28,29)30)22-16-32(11-3-4-12-35-37(2,33)34)23-9-10-31-25(27)24(22)23/h5-10,13-16H,3-4,11-12H2,1-2H3. The third-order valence-corrected chi connectivity index (χ3v) is 6.50. The van der Waals surface area contributed by atoms with Gasteiger partial charge in [0.05, 0.1) is 23.9 Å². The number of pyridine rings is 1. The highest BCUT2D eigenvalue weighted by Gasteiger charge is 2.30. The van der Waals surface area contributed by atoms with Crippen LogP contribution in [-0.2, 0) is 27.0 Å². The molecule has 2 aromatic heterocycles. The molecular weight excluding hydrogens is 529 g/mol. The largest absolute Gasteiger partial charge is 0.457 e. The molecule has 4 aromatic rings. The van der Waals surface area contributed by atoms with E-state index in [-0.39, 0.29) is 12.4 Å². The van der Waals surface area contributed by atoms with Gasteiger partial charge in [0, 0.05) is 29.9 Å². The van der Waals surface area contributed by atoms with Crippen LogP contribution in [0.5, 0.6) is 11.5 Å². The van der Waals surface area contributed by atoms with Crippen molar-refractivity contribution in [1.82, 2.24) is 9.55 Å². The lowest BCUT2D eigenvalue weighted by Crippen LogP contribution is -2.05. The first-order valence-corrected chi connectivity index (χ1v) is 13.5. The lowest BCUT2D eigenvalue weighted by Gasteiger charge is -2.11. The Bertz CT molecular complexity index is 1520. The van der Waals surface area contributed by atoms with Crippen LogP contribution in [0.1, 0.15) is 24.0 Å². The van der Waals surface area contributed by atoms with Crippen LogP contribution < -0.4 is 4.74 Å². The van der Waals surface area contributed by atoms with Crippen molar-refractivity contribution in [1.29, 1.82) is 0 Å². The van der Waals surface area contributed by atoms with Gasteiger partial charge >= 0.3 is 6.18 Å². The van der Waals surface area contributed by atoms with Gasteiger partial charge in [0.15, 0.2) is 0 Å². The summed E-state index contributed by atoms with van der Waals surface area (Å²) in [4.78, 5) is 4.23. The van der Waals surface area contributed by atoms with Crippen LogP contribution in [0.3, 0.4) is 0 Å². The molecule has 0 atom stereocenters. The van der Waals surface area contributed by atoms with Gasteiger partial charge < -0.3 is 9.30 Å². The Morgan fingerprint density at radius 3 is 2.43 bits per heavy atom. The molecule has 37 heavy (non-hydrogen) atoms. The number of ether oxygens (including phenoxy) is 1. The summed E-state index contributed by atoms with van der Waals surface area (Å²) in [7, 11) is -3.48. The number of rotatable bonds is 9. The van der Waals surface area contributed by atoms with Crippen molar-refractivity contribution in [3.05, 3.63) is 77.2 Å². The van der Waals surface area contributed by atoms with E-state index in [4.69, 9.17) is 20.5 Å². The summed E-state index contributed by atoms with van der Waals surface area (Å²) in [6, 6.07) is 11.9. The average molecular weight is 553 g/mol. The van der Waals surface area contributed by atoms with E-state index in [9.17, 15) is 21.6 Å². The van der Waals surface area contributed by atoms with Gasteiger partial charge in [-0.1, -0.05) is 17.7 Å². The predicted molar refractivity (Wildman–Crippen MR) is 136 cm³/mol. The topological polar surface area (TPSA) is 70.4 Å². The summed E-state index contributed by atoms with van der Waals surface area (Å²) in [5, 5.41) is 1.08. The fourth-order valence-corrected chi connectivity index (χ4v) is 4.69. The van der Waals surface area contributed by atoms with Crippen LogP contribution in [0.4, 0.5) is 13.2 Å². The molecule has 0 saturated heterocycles. The summed E-state index contributed by atoms with van der Waals surface area (Å²) >= 11 is 6.49. The Kier molecular flexibility index (Phi) is 7.82. The summed E-state index contributed by atoms with van der Waals surface area (Å²) in [6.07, 6.45) is 1.40. The highest BCUT2D eigenvalue weighted by atomic mass is 35.5. The zero-order valence-electron chi connectivity index (χ0n) is 20.0. The molecule has 0 bridgehead atoms. The van der Waals surface area contributed by atoms with Crippen LogP contribution in [0.25, 0.3) is 22.0 Å². The van der Waals surface area contributed by atoms with Crippen molar-refractivity contribution < 1.29 is 30.5 Å². The van der Waals surface area contributed by atoms with E-state index in [2.05, 4.69) is 4.98 Å². The Labute approximate surface area is 217 Å². The van der Waals surface area contributed by atoms with Gasteiger partial charge in [-0.3, -0.25) is 4.18 Å². The Balaban J connectivity index is 1.61. The van der Waals surface area contributed by atoms with Crippen molar-refractivity contribution in [2.45, 2.75) is 32.5 Å². The molecule has 196 valence electrons. The van der Waals surface area contributed by atoms with E-state index < -0.39 is 21.9 Å². The summed E-state index contributed by atoms with van der Waals surface area (Å²) in [6.45, 7) is 2.60. The highest BCUT2D eigenvalue weighted by molar-refractivity contribution is 7.85. The molecule has 2 aromatic carbocycles. The van der Waals surface area contributed by atoms with Gasteiger partial charge in [-0.25, -0.2) is 4.98 Å². The lowest BCUT2D eigenvalue weighted by atomic mass is 10.0. The molecule has 0 radical (unpaired) electrons. The first-order chi connectivity index (χ1) is 17.4. The minimum absolute atomic E-state index is 0.107. The molecule has 0 aliphatic rings. The number of hydrogen-bond donors (Lipinski definition) is 0. The van der Waals surface area contributed by atoms with E-state index in [0.29, 0.717) is 30.3 Å². The predicted octanol–water partition coefficient (Wildman–Crippen LogP) is 7.23. The van der Waals surface area contributed by atoms with Gasteiger partial charge in [0.25, 0.3) is 10.1 Å². The molecular formula is C26H24ClF3N2O4S. The zero-order valence-corrected chi connectivity index (χ0v) is 21.6. The van der Waals surface area contributed by atoms with Crippen molar-refractivity contribution >= 4 is 32.6 Å². The third kappa shape index (κ3) is 6.82. The van der Waals surface area contributed by atoms with Crippen LogP contribution in [0.2, 0.25) is 5.15 Å². The molecule has 6 nitrogen and oxygen atoms in total. The number of alkyl halides is 3. The van der Waals surface area contributed by atoms with E-state index in [0.717, 1.165) is 46.0 Å². The van der Waals surface area contributed by atoms with Crippen molar-refractivity contribution in [2.75, 3.05) is 12.9 Å². The Hall–Kier alpha value is -3.08. The van der Waals surface area contributed by atoms with Crippen molar-refractivity contribution in [3.63, 3.8) is 0 Å². The average Bonchev–Trinajstić information content (AvgIpc) is 3.17. The van der Waals surface area contributed by atoms with E-state index in [1.807, 2.05) is 29.8 Å². The Morgan fingerprint density at radius 1 is 1.03 bits per heavy atom. The summed E-state index contributed by atoms with van der Waals surface area (Å²) < 4.78 is 73.6. The molecule has 0 aliphatic heterocycles. The molecule has 0 N–H and O–H groups in total. The van der Waals surface area contributed by atoms with E-state index >= 15 is 0 Å². The van der Waals surface area contributed by atoms with Crippen LogP contribution in [0, 0.1) is 6.92 Å². The highest BCUT2D eigenvalue weighted by Crippen LogP contribution is 2.38. The summed E-state index contributed by atoms with van der Waals surface area (Å²) in [5.41, 5.74) is 2.63. The second kappa shape index (κ2) is 10.7. The number of nitrogens with zero attached hydrogens (tertiary/aromatic N) is 2. The molecule has 0 amide bonds. The first-order valence-electron chi connectivity index (χ1n) is 11.4. The van der Waals surface area contributed by atoms with Gasteiger partial charge in [-0.2, -0.15) is 21.6 Å². The molecule has 4 rings (SSSR count). The smallest absolute Gasteiger partial charge is 0.416 e. The minimum Gasteiger partial charge on any atom is -0.457 e. The second-order valence-corrected chi connectivity index (χ2v) is 10.6. The van der Waals surface area contributed by atoms with Gasteiger partial charge in [0.2, 0.25) is 0 Å². The van der Waals surface area contributed by atoms with Crippen molar-refractivity contribution in [2.24, 2.45) is 0 Å². The first kappa shape index (κ1) is 27.0. The maximum absolute atomic E-state index is 12.9. The van der Waals surface area contributed by atoms with Gasteiger partial charge in [-0.15, -0.1) is 0 Å². The normalized spacial score (nSPS) is 12.3. The van der Waals surface area contributed by atoms with Crippen molar-refractivity contribution in [3.8, 4) is 22.6 Å². The van der Waals surface area contributed by atoms with Gasteiger partial charge in [0.1, 0.15) is 16.7 Å². The van der Waals surface area contributed by atoms with Crippen LogP contribution in [-0.4, -0.2) is 30.8 Å². The molecule has 0 unspecified atom stereocenters. The lowest BCUT2D eigenvalue weighted by molar-refractivity contribution is -0.137. The molecule has 0 fully saturated rings. The molecule has 2 heterocycles. The van der Waals surface area contributed by atoms with Crippen LogP contribution in [0.15, 0.2) is 60.9 Å². The maximum atomic E-state index is 12.9. The number of aromatic nitrogens is 2. The molecule has 0 aliphatic carbocycles. The molecule has 0 spiro atoms. The number of aryl methyl sites for hydroxylation is 2. The van der Waals surface area contributed by atoms with E-state index in [1.165, 1.54) is 12.1 Å². The number of hydrogen-bond acceptors (Lipinski definition) is 5. The maximum Gasteiger partial charge on any atom is 0.416 e. The third-order valence-electron chi connectivity index (χ3n) is 5.62. The summed E-state index contributed by atoms with van der Waals surface area (Å²) in [5.74, 6) is 0.747. The fraction of sp³-hybridized carbons (Fsp3) is 0.269. The molecule has 11 heteroatoms. The SMILES string of the molecule is Cc1cc(Oc2ccc(C(F)(F)F)cc2)cc(-c2cn(CCCCOS(C)(=O)=O)c3ccnc(Cl)c23)c1. The number of benzene rings is 2. The fourth-order valence-electron chi connectivity index (χ4n) is 4.01. The quantitative estimate of drug-likeness (QED) is 0.124. The van der Waals surface area contributed by atoms with Crippen LogP contribution >= 0.6 is 11.6 Å². The number of halogens is 4. The monoisotopic (exact) mass is 552 g/mol. The number of unbranched alkanes of at least 4 members (excludes halogenated alkanes) is 1.